The Morgan fingerprint density at radius 1 is 1.60 bits per heavy atom. The maximum absolute atomic E-state index is 10.2. The highest BCUT2D eigenvalue weighted by atomic mass is 16.6. The molecule has 5 nitrogen and oxygen atoms in total. The molecule has 0 saturated carbocycles. The van der Waals surface area contributed by atoms with Gasteiger partial charge in [0.05, 0.1) is 0 Å². The van der Waals surface area contributed by atoms with Crippen LogP contribution < -0.4 is 5.48 Å². The van der Waals surface area contributed by atoms with Crippen LogP contribution in [0.4, 0.5) is 4.79 Å². The molecule has 0 heterocycles. The van der Waals surface area contributed by atoms with Crippen LogP contribution in [0, 0.1) is 0 Å². The van der Waals surface area contributed by atoms with Crippen molar-refractivity contribution in [2.45, 2.75) is 13.3 Å². The lowest BCUT2D eigenvalue weighted by molar-refractivity contribution is -0.117. The predicted molar refractivity (Wildman–Crippen MR) is 31.6 cm³/mol. The summed E-state index contributed by atoms with van der Waals surface area (Å²) in [5.74, 6) is -0.0641. The highest BCUT2D eigenvalue weighted by Crippen LogP contribution is 1.83. The average Bonchev–Trinajstić information content (AvgIpc) is 1.87. The zero-order chi connectivity index (χ0) is 7.98. The van der Waals surface area contributed by atoms with Crippen LogP contribution in [0.3, 0.4) is 0 Å². The summed E-state index contributed by atoms with van der Waals surface area (Å²) in [5.41, 5.74) is 1.27. The number of nitrogens with one attached hydrogen (secondary N) is 1. The Morgan fingerprint density at radius 2 is 2.20 bits per heavy atom. The Balaban J connectivity index is 3.20. The molecule has 58 valence electrons. The van der Waals surface area contributed by atoms with E-state index in [1.54, 1.807) is 0 Å². The van der Waals surface area contributed by atoms with Crippen molar-refractivity contribution in [2.24, 2.45) is 0 Å². The second-order valence-corrected chi connectivity index (χ2v) is 1.70. The van der Waals surface area contributed by atoms with Crippen molar-refractivity contribution in [1.29, 1.82) is 0 Å². The molecule has 0 fully saturated rings. The Bertz CT molecular complexity index is 134. The van der Waals surface area contributed by atoms with E-state index in [1.807, 2.05) is 0 Å². The third kappa shape index (κ3) is 5.04. The van der Waals surface area contributed by atoms with Gasteiger partial charge >= 0.3 is 6.09 Å². The predicted octanol–water partition coefficient (Wildman–Crippen LogP) is 0.0809. The lowest BCUT2D eigenvalue weighted by atomic mass is 10.3. The molecule has 0 radical (unpaired) electrons. The molecule has 0 aromatic heterocycles. The summed E-state index contributed by atoms with van der Waals surface area (Å²) in [6.07, 6.45) is -0.769. The summed E-state index contributed by atoms with van der Waals surface area (Å²) in [4.78, 5) is 20.3. The van der Waals surface area contributed by atoms with E-state index < -0.39 is 6.09 Å². The number of hydroxylamine groups is 1. The molecule has 0 unspecified atom stereocenters. The first-order valence-electron chi connectivity index (χ1n) is 2.73. The normalized spacial score (nSPS) is 8.60. The lowest BCUT2D eigenvalue weighted by Crippen LogP contribution is -2.20. The van der Waals surface area contributed by atoms with Gasteiger partial charge in [0, 0.05) is 6.42 Å². The van der Waals surface area contributed by atoms with Crippen molar-refractivity contribution in [3.63, 3.8) is 0 Å². The van der Waals surface area contributed by atoms with E-state index in [-0.39, 0.29) is 18.8 Å². The minimum Gasteiger partial charge on any atom is -0.448 e. The first-order chi connectivity index (χ1) is 4.66. The molecule has 0 rings (SSSR count). The van der Waals surface area contributed by atoms with Crippen LogP contribution in [-0.4, -0.2) is 23.7 Å². The topological polar surface area (TPSA) is 75.6 Å². The molecule has 0 atom stereocenters. The highest BCUT2D eigenvalue weighted by Gasteiger charge is 1.98. The number of Topliss-reactive ketones (excluding diaryl/α,β-unsaturated/α-hetero) is 1. The van der Waals surface area contributed by atoms with Crippen molar-refractivity contribution in [1.82, 2.24) is 5.48 Å². The van der Waals surface area contributed by atoms with E-state index in [0.717, 1.165) is 0 Å². The van der Waals surface area contributed by atoms with Gasteiger partial charge in [-0.05, 0) is 6.92 Å². The first-order valence-corrected chi connectivity index (χ1v) is 2.73. The molecule has 0 aliphatic heterocycles. The maximum Gasteiger partial charge on any atom is 0.431 e. The van der Waals surface area contributed by atoms with Gasteiger partial charge in [-0.15, -0.1) is 0 Å². The summed E-state index contributed by atoms with van der Waals surface area (Å²) in [7, 11) is 0. The van der Waals surface area contributed by atoms with Gasteiger partial charge in [-0.1, -0.05) is 0 Å². The van der Waals surface area contributed by atoms with Gasteiger partial charge in [0.1, 0.15) is 12.4 Å². The smallest absolute Gasteiger partial charge is 0.431 e. The van der Waals surface area contributed by atoms with Crippen LogP contribution >= 0.6 is 0 Å². The molecule has 0 aliphatic carbocycles. The fourth-order valence-electron chi connectivity index (χ4n) is 0.320. The number of hydrogen-bond donors (Lipinski definition) is 2. The van der Waals surface area contributed by atoms with Gasteiger partial charge in [-0.3, -0.25) is 10.0 Å². The number of amides is 1. The second-order valence-electron chi connectivity index (χ2n) is 1.70. The van der Waals surface area contributed by atoms with E-state index in [2.05, 4.69) is 4.74 Å². The molecule has 2 N–H and O–H groups in total. The molecule has 0 aromatic carbocycles. The summed E-state index contributed by atoms with van der Waals surface area (Å²) in [5, 5.41) is 7.89. The minimum atomic E-state index is -0.943. The Morgan fingerprint density at radius 3 is 2.60 bits per heavy atom. The maximum atomic E-state index is 10.2. The van der Waals surface area contributed by atoms with Gasteiger partial charge in [-0.25, -0.2) is 10.3 Å². The van der Waals surface area contributed by atoms with Crippen molar-refractivity contribution < 1.29 is 19.5 Å². The third-order valence-corrected chi connectivity index (χ3v) is 0.779. The van der Waals surface area contributed by atoms with Gasteiger partial charge in [-0.2, -0.15) is 0 Å². The van der Waals surface area contributed by atoms with Crippen LogP contribution in [0.1, 0.15) is 13.3 Å². The third-order valence-electron chi connectivity index (χ3n) is 0.779. The number of ketones is 1. The van der Waals surface area contributed by atoms with Crippen molar-refractivity contribution in [3.05, 3.63) is 0 Å². The highest BCUT2D eigenvalue weighted by molar-refractivity contribution is 5.75. The minimum absolute atomic E-state index is 0.00171. The fourth-order valence-corrected chi connectivity index (χ4v) is 0.320. The van der Waals surface area contributed by atoms with E-state index in [1.165, 1.54) is 12.4 Å². The largest absolute Gasteiger partial charge is 0.448 e. The summed E-state index contributed by atoms with van der Waals surface area (Å²) >= 11 is 0. The second kappa shape index (κ2) is 4.75. The number of hydrogen-bond acceptors (Lipinski definition) is 4. The summed E-state index contributed by atoms with van der Waals surface area (Å²) in [6, 6.07) is 0. The van der Waals surface area contributed by atoms with E-state index in [0.29, 0.717) is 0 Å². The molecular weight excluding hydrogens is 138 g/mol. The number of rotatable bonds is 3. The number of carbonyl (C=O) groups is 2. The lowest BCUT2D eigenvalue weighted by Gasteiger charge is -1.99. The van der Waals surface area contributed by atoms with Gasteiger partial charge in [0.25, 0.3) is 0 Å². The van der Waals surface area contributed by atoms with E-state index in [9.17, 15) is 9.59 Å². The van der Waals surface area contributed by atoms with E-state index in [4.69, 9.17) is 5.21 Å². The summed E-state index contributed by atoms with van der Waals surface area (Å²) < 4.78 is 4.28. The Labute approximate surface area is 57.9 Å². The molecule has 1 amide bonds. The van der Waals surface area contributed by atoms with Crippen LogP contribution in [0.25, 0.3) is 0 Å². The zero-order valence-electron chi connectivity index (χ0n) is 5.59. The molecule has 0 aromatic rings. The van der Waals surface area contributed by atoms with Crippen LogP contribution in [0.15, 0.2) is 0 Å². The van der Waals surface area contributed by atoms with Gasteiger partial charge in [0.15, 0.2) is 0 Å². The fraction of sp³-hybridized carbons (Fsp3) is 0.600. The molecule has 5 heteroatoms. The molecule has 0 bridgehead atoms. The SMILES string of the molecule is CC(=O)CCOC(=O)NO. The van der Waals surface area contributed by atoms with Gasteiger partial charge < -0.3 is 4.74 Å². The average molecular weight is 147 g/mol. The zero-order valence-corrected chi connectivity index (χ0v) is 5.59. The van der Waals surface area contributed by atoms with Crippen LogP contribution in [0.2, 0.25) is 0 Å². The molecule has 0 aliphatic rings. The molecule has 0 spiro atoms. The summed E-state index contributed by atoms with van der Waals surface area (Å²) in [6.45, 7) is 1.39. The van der Waals surface area contributed by atoms with Crippen molar-refractivity contribution in [2.75, 3.05) is 6.61 Å². The molecule has 10 heavy (non-hydrogen) atoms. The van der Waals surface area contributed by atoms with Crippen LogP contribution in [0.5, 0.6) is 0 Å². The van der Waals surface area contributed by atoms with E-state index >= 15 is 0 Å². The molecule has 0 saturated heterocycles. The van der Waals surface area contributed by atoms with Crippen LogP contribution in [-0.2, 0) is 9.53 Å². The van der Waals surface area contributed by atoms with Gasteiger partial charge in [0.2, 0.25) is 0 Å². The standard InChI is InChI=1S/C5H9NO4/c1-4(7)2-3-10-5(8)6-9/h9H,2-3H2,1H3,(H,6,8). The molecular formula is C5H9NO4. The van der Waals surface area contributed by atoms with Crippen molar-refractivity contribution >= 4 is 11.9 Å². The quantitative estimate of drug-likeness (QED) is 0.438. The number of carbonyl (C=O) groups excluding carboxylic acids is 2. The monoisotopic (exact) mass is 147 g/mol. The first kappa shape index (κ1) is 8.90. The Kier molecular flexibility index (Phi) is 4.23. The van der Waals surface area contributed by atoms with Crippen molar-refractivity contribution in [3.8, 4) is 0 Å². The number of ether oxygens (including phenoxy) is 1. The Hall–Kier alpha value is -1.10.